The lowest BCUT2D eigenvalue weighted by molar-refractivity contribution is -0.149. The van der Waals surface area contributed by atoms with E-state index in [2.05, 4.69) is 29.3 Å². The highest BCUT2D eigenvalue weighted by Crippen LogP contribution is 2.44. The molecule has 0 aromatic heterocycles. The van der Waals surface area contributed by atoms with Crippen molar-refractivity contribution >= 4 is 18.0 Å². The number of carboxylic acid groups (broad SMARTS) is 1. The van der Waals surface area contributed by atoms with Crippen molar-refractivity contribution in [2.24, 2.45) is 5.92 Å². The summed E-state index contributed by atoms with van der Waals surface area (Å²) in [7, 11) is 0. The normalized spacial score (nSPS) is 19.5. The van der Waals surface area contributed by atoms with Gasteiger partial charge in [0.2, 0.25) is 5.91 Å². The number of alkyl carbamates (subject to hydrolysis) is 1. The van der Waals surface area contributed by atoms with Crippen LogP contribution in [0.1, 0.15) is 29.9 Å². The van der Waals surface area contributed by atoms with Gasteiger partial charge in [-0.3, -0.25) is 4.79 Å². The number of carboxylic acids is 1. The molecule has 2 aromatic carbocycles. The van der Waals surface area contributed by atoms with E-state index in [0.29, 0.717) is 13.0 Å². The summed E-state index contributed by atoms with van der Waals surface area (Å²) in [5.74, 6) is -1.87. The Labute approximate surface area is 198 Å². The molecule has 0 spiro atoms. The molecule has 3 atom stereocenters. The highest BCUT2D eigenvalue weighted by atomic mass is 16.5. The van der Waals surface area contributed by atoms with Gasteiger partial charge in [0.05, 0.1) is 0 Å². The number of aliphatic carboxylic acids is 1. The lowest BCUT2D eigenvalue weighted by Gasteiger charge is -2.20. The number of nitrogens with one attached hydrogen (secondary N) is 2. The first-order valence-corrected chi connectivity index (χ1v) is 11.3. The van der Waals surface area contributed by atoms with Crippen molar-refractivity contribution in [1.29, 1.82) is 0 Å². The van der Waals surface area contributed by atoms with Crippen LogP contribution in [0, 0.1) is 5.92 Å². The van der Waals surface area contributed by atoms with Crippen molar-refractivity contribution in [2.45, 2.75) is 30.9 Å². The number of benzene rings is 2. The Morgan fingerprint density at radius 2 is 1.76 bits per heavy atom. The largest absolute Gasteiger partial charge is 0.479 e. The third kappa shape index (κ3) is 4.97. The average Bonchev–Trinajstić information content (AvgIpc) is 3.44. The maximum Gasteiger partial charge on any atom is 0.407 e. The van der Waals surface area contributed by atoms with E-state index in [0.717, 1.165) is 22.3 Å². The number of amides is 2. The Bertz CT molecular complexity index is 1040. The molecule has 0 saturated carbocycles. The monoisotopic (exact) mass is 464 g/mol. The molecule has 1 aliphatic heterocycles. The molecule has 3 N–H and O–H groups in total. The fraction of sp³-hybridized carbons (Fsp3) is 0.346. The van der Waals surface area contributed by atoms with Gasteiger partial charge in [0.25, 0.3) is 0 Å². The molecule has 178 valence electrons. The quantitative estimate of drug-likeness (QED) is 0.492. The number of fused-ring (bicyclic) bond motifs is 3. The highest BCUT2D eigenvalue weighted by Gasteiger charge is 2.35. The van der Waals surface area contributed by atoms with Gasteiger partial charge in [-0.25, -0.2) is 9.59 Å². The van der Waals surface area contributed by atoms with Crippen molar-refractivity contribution in [3.63, 3.8) is 0 Å². The van der Waals surface area contributed by atoms with E-state index in [1.807, 2.05) is 36.4 Å². The van der Waals surface area contributed by atoms with Crippen LogP contribution in [0.5, 0.6) is 0 Å². The van der Waals surface area contributed by atoms with Crippen LogP contribution < -0.4 is 10.6 Å². The molecular formula is C26H28N2O6. The van der Waals surface area contributed by atoms with E-state index in [1.54, 1.807) is 0 Å². The Balaban J connectivity index is 1.34. The van der Waals surface area contributed by atoms with Crippen LogP contribution in [-0.2, 0) is 19.1 Å². The van der Waals surface area contributed by atoms with Crippen LogP contribution in [-0.4, -0.2) is 55.0 Å². The van der Waals surface area contributed by atoms with Gasteiger partial charge in [-0.1, -0.05) is 54.6 Å². The summed E-state index contributed by atoms with van der Waals surface area (Å²) in [6.07, 6.45) is 0.653. The maximum atomic E-state index is 12.7. The first-order valence-electron chi connectivity index (χ1n) is 11.3. The zero-order chi connectivity index (χ0) is 24.1. The minimum absolute atomic E-state index is 0.0832. The Kier molecular flexibility index (Phi) is 7.27. The fourth-order valence-corrected chi connectivity index (χ4v) is 4.65. The molecule has 1 fully saturated rings. The van der Waals surface area contributed by atoms with Crippen molar-refractivity contribution in [3.8, 4) is 11.1 Å². The standard InChI is InChI=1S/C26H28N2O6/c1-2-7-22(24(29)27-14-16-12-13-33-23(16)25(30)31)28-26(32)34-15-21-19-10-5-3-8-17(19)18-9-4-6-11-20(18)21/h2-6,8-11,16,21-23H,1,7,12-15H2,(H,27,29)(H,28,32)(H,30,31). The van der Waals surface area contributed by atoms with Crippen LogP contribution in [0.2, 0.25) is 0 Å². The summed E-state index contributed by atoms with van der Waals surface area (Å²) in [6, 6.07) is 15.2. The molecule has 0 bridgehead atoms. The van der Waals surface area contributed by atoms with Gasteiger partial charge < -0.3 is 25.2 Å². The Morgan fingerprint density at radius 1 is 1.12 bits per heavy atom. The van der Waals surface area contributed by atoms with Crippen LogP contribution >= 0.6 is 0 Å². The summed E-state index contributed by atoms with van der Waals surface area (Å²) in [5.41, 5.74) is 4.46. The molecule has 8 nitrogen and oxygen atoms in total. The van der Waals surface area contributed by atoms with Gasteiger partial charge in [-0.15, -0.1) is 6.58 Å². The molecule has 0 radical (unpaired) electrons. The van der Waals surface area contributed by atoms with Crippen molar-refractivity contribution in [3.05, 3.63) is 72.3 Å². The third-order valence-electron chi connectivity index (χ3n) is 6.35. The molecule has 2 aromatic rings. The summed E-state index contributed by atoms with van der Waals surface area (Å²) in [4.78, 5) is 36.5. The van der Waals surface area contributed by atoms with E-state index in [4.69, 9.17) is 9.47 Å². The number of rotatable bonds is 9. The average molecular weight is 465 g/mol. The predicted molar refractivity (Wildman–Crippen MR) is 125 cm³/mol. The lowest BCUT2D eigenvalue weighted by atomic mass is 9.98. The van der Waals surface area contributed by atoms with Crippen LogP contribution in [0.25, 0.3) is 11.1 Å². The summed E-state index contributed by atoms with van der Waals surface area (Å²) in [6.45, 7) is 4.28. The first-order chi connectivity index (χ1) is 16.5. The zero-order valence-corrected chi connectivity index (χ0v) is 18.7. The second-order valence-electron chi connectivity index (χ2n) is 8.47. The Morgan fingerprint density at radius 3 is 2.38 bits per heavy atom. The second kappa shape index (κ2) is 10.5. The SMILES string of the molecule is C=CCC(NC(=O)OCC1c2ccccc2-c2ccccc21)C(=O)NCC1CCOC1C(=O)O. The molecule has 2 amide bonds. The van der Waals surface area contributed by atoms with Crippen LogP contribution in [0.3, 0.4) is 0 Å². The maximum absolute atomic E-state index is 12.7. The highest BCUT2D eigenvalue weighted by molar-refractivity contribution is 5.86. The van der Waals surface area contributed by atoms with E-state index >= 15 is 0 Å². The van der Waals surface area contributed by atoms with Gasteiger partial charge >= 0.3 is 12.1 Å². The van der Waals surface area contributed by atoms with Gasteiger partial charge in [-0.2, -0.15) is 0 Å². The van der Waals surface area contributed by atoms with Crippen molar-refractivity contribution in [1.82, 2.24) is 10.6 Å². The van der Waals surface area contributed by atoms with Gasteiger partial charge in [0.15, 0.2) is 6.10 Å². The zero-order valence-electron chi connectivity index (χ0n) is 18.7. The van der Waals surface area contributed by atoms with Gasteiger partial charge in [-0.05, 0) is 35.1 Å². The van der Waals surface area contributed by atoms with Crippen molar-refractivity contribution in [2.75, 3.05) is 19.8 Å². The lowest BCUT2D eigenvalue weighted by Crippen LogP contribution is -2.48. The number of carbonyl (C=O) groups is 3. The minimum atomic E-state index is -1.05. The molecule has 1 aliphatic carbocycles. The van der Waals surface area contributed by atoms with E-state index < -0.39 is 30.1 Å². The van der Waals surface area contributed by atoms with E-state index in [1.165, 1.54) is 6.08 Å². The minimum Gasteiger partial charge on any atom is -0.479 e. The predicted octanol–water partition coefficient (Wildman–Crippen LogP) is 3.08. The molecule has 3 unspecified atom stereocenters. The van der Waals surface area contributed by atoms with E-state index in [-0.39, 0.29) is 31.4 Å². The first kappa shape index (κ1) is 23.5. The number of hydrogen-bond acceptors (Lipinski definition) is 5. The number of hydrogen-bond donors (Lipinski definition) is 3. The second-order valence-corrected chi connectivity index (χ2v) is 8.47. The van der Waals surface area contributed by atoms with E-state index in [9.17, 15) is 19.5 Å². The van der Waals surface area contributed by atoms with Crippen LogP contribution in [0.4, 0.5) is 4.79 Å². The number of carbonyl (C=O) groups excluding carboxylic acids is 2. The molecule has 1 saturated heterocycles. The molecule has 34 heavy (non-hydrogen) atoms. The number of ether oxygens (including phenoxy) is 2. The summed E-state index contributed by atoms with van der Waals surface area (Å²) < 4.78 is 10.7. The topological polar surface area (TPSA) is 114 Å². The molecule has 1 heterocycles. The smallest absolute Gasteiger partial charge is 0.407 e. The summed E-state index contributed by atoms with van der Waals surface area (Å²) in [5, 5.41) is 14.5. The molecule has 4 rings (SSSR count). The molecule has 8 heteroatoms. The van der Waals surface area contributed by atoms with Crippen LogP contribution in [0.15, 0.2) is 61.2 Å². The third-order valence-corrected chi connectivity index (χ3v) is 6.35. The fourth-order valence-electron chi connectivity index (χ4n) is 4.65. The molecular weight excluding hydrogens is 436 g/mol. The van der Waals surface area contributed by atoms with Gasteiger partial charge in [0, 0.05) is 25.0 Å². The van der Waals surface area contributed by atoms with Crippen molar-refractivity contribution < 1.29 is 29.0 Å². The van der Waals surface area contributed by atoms with Gasteiger partial charge in [0.1, 0.15) is 12.6 Å². The Hall–Kier alpha value is -3.65. The molecule has 2 aliphatic rings. The summed E-state index contributed by atoms with van der Waals surface area (Å²) >= 11 is 0.